The lowest BCUT2D eigenvalue weighted by Gasteiger charge is -2.37. The molecule has 152 valence electrons. The number of aliphatic imine (C=N–C) groups is 1. The van der Waals surface area contributed by atoms with Gasteiger partial charge in [-0.3, -0.25) is 9.59 Å². The molecule has 2 aromatic heterocycles. The molecule has 4 rings (SSSR count). The van der Waals surface area contributed by atoms with Crippen LogP contribution in [0.15, 0.2) is 40.5 Å². The normalized spacial score (nSPS) is 20.9. The summed E-state index contributed by atoms with van der Waals surface area (Å²) in [4.78, 5) is 28.4. The number of halogens is 1. The number of quaternary nitrogens is 1. The SMILES string of the molecule is C[N+]1(CCOc2nn3ccccc3c2N=C2C=C(Cl)C(=O)CC2=O)CCCCC1. The number of ketones is 2. The average molecular weight is 416 g/mol. The van der Waals surface area contributed by atoms with Crippen molar-refractivity contribution in [3.63, 3.8) is 0 Å². The van der Waals surface area contributed by atoms with Gasteiger partial charge in [-0.15, -0.1) is 5.10 Å². The van der Waals surface area contributed by atoms with Gasteiger partial charge in [-0.2, -0.15) is 0 Å². The van der Waals surface area contributed by atoms with Crippen LogP contribution in [-0.2, 0) is 9.59 Å². The van der Waals surface area contributed by atoms with Gasteiger partial charge in [0.05, 0.1) is 37.1 Å². The van der Waals surface area contributed by atoms with Gasteiger partial charge in [0.15, 0.2) is 17.3 Å². The number of Topliss-reactive ketones (excluding diaryl/α,β-unsaturated/α-hetero) is 2. The molecule has 0 spiro atoms. The Bertz CT molecular complexity index is 1020. The zero-order chi connectivity index (χ0) is 20.4. The van der Waals surface area contributed by atoms with Gasteiger partial charge in [0.25, 0.3) is 5.88 Å². The first kappa shape index (κ1) is 19.8. The van der Waals surface area contributed by atoms with Crippen molar-refractivity contribution in [3.8, 4) is 5.88 Å². The highest BCUT2D eigenvalue weighted by atomic mass is 35.5. The molecular formula is C21H24ClN4O3+. The number of allylic oxidation sites excluding steroid dienone is 2. The van der Waals surface area contributed by atoms with E-state index in [4.69, 9.17) is 16.3 Å². The summed E-state index contributed by atoms with van der Waals surface area (Å²) in [7, 11) is 2.26. The number of fused-ring (bicyclic) bond motifs is 1. The largest absolute Gasteiger partial charge is 0.469 e. The summed E-state index contributed by atoms with van der Waals surface area (Å²) in [6, 6.07) is 5.60. The Hall–Kier alpha value is -2.51. The van der Waals surface area contributed by atoms with Gasteiger partial charge in [-0.1, -0.05) is 17.7 Å². The van der Waals surface area contributed by atoms with Crippen molar-refractivity contribution < 1.29 is 18.8 Å². The third-order valence-corrected chi connectivity index (χ3v) is 5.94. The van der Waals surface area contributed by atoms with Crippen LogP contribution in [-0.4, -0.2) is 64.7 Å². The van der Waals surface area contributed by atoms with Crippen molar-refractivity contribution in [3.05, 3.63) is 35.5 Å². The highest BCUT2D eigenvalue weighted by molar-refractivity contribution is 6.57. The number of nitrogens with zero attached hydrogens (tertiary/aromatic N) is 4. The molecule has 29 heavy (non-hydrogen) atoms. The van der Waals surface area contributed by atoms with Crippen molar-refractivity contribution in [1.82, 2.24) is 9.61 Å². The zero-order valence-electron chi connectivity index (χ0n) is 16.4. The van der Waals surface area contributed by atoms with Crippen molar-refractivity contribution >= 4 is 40.1 Å². The van der Waals surface area contributed by atoms with Gasteiger partial charge in [0.1, 0.15) is 18.9 Å². The first-order valence-corrected chi connectivity index (χ1v) is 10.3. The van der Waals surface area contributed by atoms with E-state index >= 15 is 0 Å². The van der Waals surface area contributed by atoms with Crippen LogP contribution >= 0.6 is 11.6 Å². The molecular weight excluding hydrogens is 392 g/mol. The molecule has 0 N–H and O–H groups in total. The molecule has 1 aliphatic carbocycles. The molecule has 0 aromatic carbocycles. The number of hydrogen-bond acceptors (Lipinski definition) is 5. The quantitative estimate of drug-likeness (QED) is 0.555. The Morgan fingerprint density at radius 3 is 2.79 bits per heavy atom. The number of carbonyl (C=O) groups is 2. The van der Waals surface area contributed by atoms with E-state index in [1.807, 2.05) is 18.2 Å². The molecule has 0 unspecified atom stereocenters. The number of likely N-dealkylation sites (N-methyl/N-ethyl adjacent to an activating group) is 1. The number of carbonyl (C=O) groups excluding carboxylic acids is 2. The predicted molar refractivity (Wildman–Crippen MR) is 111 cm³/mol. The van der Waals surface area contributed by atoms with Gasteiger partial charge in [-0.25, -0.2) is 9.51 Å². The Morgan fingerprint density at radius 1 is 1.21 bits per heavy atom. The second-order valence-corrected chi connectivity index (χ2v) is 8.30. The Kier molecular flexibility index (Phi) is 5.52. The van der Waals surface area contributed by atoms with Crippen molar-refractivity contribution in [1.29, 1.82) is 0 Å². The van der Waals surface area contributed by atoms with Gasteiger partial charge >= 0.3 is 0 Å². The molecule has 1 saturated heterocycles. The van der Waals surface area contributed by atoms with Gasteiger partial charge < -0.3 is 9.22 Å². The standard InChI is InChI=1S/C21H24ClN4O3/c1-26(9-5-2-6-10-26)11-12-29-21-20(17-7-3-4-8-25(17)24-21)23-16-13-15(22)18(27)14-19(16)28/h3-4,7-8,13H,2,5-6,9-12,14H2,1H3/q+1. The molecule has 1 fully saturated rings. The van der Waals surface area contributed by atoms with Crippen LogP contribution in [0.2, 0.25) is 0 Å². The zero-order valence-corrected chi connectivity index (χ0v) is 17.2. The topological polar surface area (TPSA) is 73.0 Å². The highest BCUT2D eigenvalue weighted by Gasteiger charge is 2.27. The first-order valence-electron chi connectivity index (χ1n) is 9.91. The molecule has 1 aliphatic heterocycles. The number of hydrogen-bond donors (Lipinski definition) is 0. The van der Waals surface area contributed by atoms with Gasteiger partial charge in [-0.05, 0) is 37.5 Å². The summed E-state index contributed by atoms with van der Waals surface area (Å²) in [5.74, 6) is -0.362. The van der Waals surface area contributed by atoms with Crippen molar-refractivity contribution in [2.45, 2.75) is 25.7 Å². The van der Waals surface area contributed by atoms with E-state index in [0.29, 0.717) is 18.2 Å². The van der Waals surface area contributed by atoms with Gasteiger partial charge in [0, 0.05) is 6.20 Å². The predicted octanol–water partition coefficient (Wildman–Crippen LogP) is 3.08. The maximum atomic E-state index is 12.3. The fraction of sp³-hybridized carbons (Fsp3) is 0.429. The lowest BCUT2D eigenvalue weighted by Crippen LogP contribution is -2.50. The summed E-state index contributed by atoms with van der Waals surface area (Å²) in [5.41, 5.74) is 1.35. The third-order valence-electron chi connectivity index (χ3n) is 5.62. The molecule has 0 atom stereocenters. The summed E-state index contributed by atoms with van der Waals surface area (Å²) in [6.45, 7) is 3.73. The number of aromatic nitrogens is 2. The van der Waals surface area contributed by atoms with E-state index in [1.165, 1.54) is 25.3 Å². The smallest absolute Gasteiger partial charge is 0.260 e. The van der Waals surface area contributed by atoms with Crippen LogP contribution in [0.5, 0.6) is 5.88 Å². The molecule has 0 saturated carbocycles. The van der Waals surface area contributed by atoms with Crippen LogP contribution in [0.25, 0.3) is 5.52 Å². The summed E-state index contributed by atoms with van der Waals surface area (Å²) >= 11 is 5.93. The first-order chi connectivity index (χ1) is 14.0. The maximum absolute atomic E-state index is 12.3. The van der Waals surface area contributed by atoms with Crippen LogP contribution < -0.4 is 4.74 Å². The van der Waals surface area contributed by atoms with Crippen LogP contribution in [0, 0.1) is 0 Å². The molecule has 0 bridgehead atoms. The minimum Gasteiger partial charge on any atom is -0.469 e. The number of pyridine rings is 1. The van der Waals surface area contributed by atoms with E-state index in [0.717, 1.165) is 29.6 Å². The third kappa shape index (κ3) is 4.26. The highest BCUT2D eigenvalue weighted by Crippen LogP contribution is 2.33. The lowest BCUT2D eigenvalue weighted by molar-refractivity contribution is -0.914. The Balaban J connectivity index is 1.62. The average Bonchev–Trinajstić information content (AvgIpc) is 3.04. The minimum absolute atomic E-state index is 0.0183. The van der Waals surface area contributed by atoms with Crippen LogP contribution in [0.3, 0.4) is 0 Å². The van der Waals surface area contributed by atoms with Crippen LogP contribution in [0.4, 0.5) is 5.69 Å². The van der Waals surface area contributed by atoms with Gasteiger partial charge in [0.2, 0.25) is 0 Å². The monoisotopic (exact) mass is 415 g/mol. The molecule has 8 heteroatoms. The van der Waals surface area contributed by atoms with E-state index in [-0.39, 0.29) is 28.7 Å². The molecule has 7 nitrogen and oxygen atoms in total. The molecule has 0 amide bonds. The lowest BCUT2D eigenvalue weighted by atomic mass is 10.0. The second kappa shape index (κ2) is 8.08. The minimum atomic E-state index is -0.384. The van der Waals surface area contributed by atoms with Crippen molar-refractivity contribution in [2.75, 3.05) is 33.3 Å². The molecule has 2 aliphatic rings. The van der Waals surface area contributed by atoms with E-state index in [1.54, 1.807) is 10.7 Å². The number of ether oxygens (including phenoxy) is 1. The summed E-state index contributed by atoms with van der Waals surface area (Å²) < 4.78 is 8.70. The molecule has 2 aromatic rings. The Morgan fingerprint density at radius 2 is 2.00 bits per heavy atom. The molecule has 0 radical (unpaired) electrons. The van der Waals surface area contributed by atoms with Crippen molar-refractivity contribution in [2.24, 2.45) is 4.99 Å². The number of piperidine rings is 1. The fourth-order valence-corrected chi connectivity index (χ4v) is 4.02. The second-order valence-electron chi connectivity index (χ2n) is 7.90. The Labute approximate surface area is 174 Å². The maximum Gasteiger partial charge on any atom is 0.260 e. The van der Waals surface area contributed by atoms with E-state index < -0.39 is 0 Å². The summed E-state index contributed by atoms with van der Waals surface area (Å²) in [6.07, 6.45) is 6.66. The fourth-order valence-electron chi connectivity index (χ4n) is 3.85. The van der Waals surface area contributed by atoms with E-state index in [9.17, 15) is 9.59 Å². The van der Waals surface area contributed by atoms with Crippen LogP contribution in [0.1, 0.15) is 25.7 Å². The van der Waals surface area contributed by atoms with E-state index in [2.05, 4.69) is 17.1 Å². The number of likely N-dealkylation sites (tertiary alicyclic amines) is 1. The number of rotatable bonds is 5. The summed E-state index contributed by atoms with van der Waals surface area (Å²) in [5, 5.41) is 4.51. The molecule has 3 heterocycles.